The van der Waals surface area contributed by atoms with Crippen LogP contribution in [0.15, 0.2) is 18.3 Å². The highest BCUT2D eigenvalue weighted by atomic mass is 16.4. The van der Waals surface area contributed by atoms with Crippen LogP contribution >= 0.6 is 0 Å². The molecular formula is C15H22N2O3. The van der Waals surface area contributed by atoms with Gasteiger partial charge in [-0.15, -0.1) is 0 Å². The van der Waals surface area contributed by atoms with Crippen molar-refractivity contribution in [3.05, 3.63) is 24.0 Å². The number of carboxylic acids is 1. The summed E-state index contributed by atoms with van der Waals surface area (Å²) >= 11 is 0. The van der Waals surface area contributed by atoms with E-state index in [0.29, 0.717) is 11.8 Å². The van der Waals surface area contributed by atoms with E-state index in [1.165, 1.54) is 10.6 Å². The van der Waals surface area contributed by atoms with E-state index in [1.54, 1.807) is 12.3 Å². The molecule has 1 aromatic heterocycles. The number of nitrogens with zero attached hydrogens (tertiary/aromatic N) is 1. The minimum Gasteiger partial charge on any atom is -0.477 e. The smallest absolute Gasteiger partial charge is 0.352 e. The maximum atomic E-state index is 12.0. The van der Waals surface area contributed by atoms with Crippen LogP contribution in [-0.2, 0) is 11.3 Å². The Morgan fingerprint density at radius 3 is 2.75 bits per heavy atom. The van der Waals surface area contributed by atoms with Gasteiger partial charge >= 0.3 is 5.97 Å². The number of hydrogen-bond acceptors (Lipinski definition) is 2. The van der Waals surface area contributed by atoms with Crippen molar-refractivity contribution in [2.45, 2.75) is 45.7 Å². The second-order valence-electron chi connectivity index (χ2n) is 5.86. The maximum absolute atomic E-state index is 12.0. The fourth-order valence-corrected chi connectivity index (χ4v) is 2.85. The molecule has 0 radical (unpaired) electrons. The monoisotopic (exact) mass is 278 g/mol. The first kappa shape index (κ1) is 14.6. The summed E-state index contributed by atoms with van der Waals surface area (Å²) < 4.78 is 1.46. The van der Waals surface area contributed by atoms with Gasteiger partial charge in [-0.25, -0.2) is 4.79 Å². The molecule has 110 valence electrons. The summed E-state index contributed by atoms with van der Waals surface area (Å²) in [4.78, 5) is 23.0. The third kappa shape index (κ3) is 3.40. The van der Waals surface area contributed by atoms with E-state index in [2.05, 4.69) is 19.2 Å². The molecule has 1 amide bonds. The van der Waals surface area contributed by atoms with E-state index in [0.717, 1.165) is 19.3 Å². The predicted octanol–water partition coefficient (Wildman–Crippen LogP) is 2.13. The van der Waals surface area contributed by atoms with Crippen LogP contribution in [-0.4, -0.2) is 27.6 Å². The van der Waals surface area contributed by atoms with Crippen molar-refractivity contribution in [2.75, 3.05) is 0 Å². The number of hydrogen-bond donors (Lipinski definition) is 2. The SMILES string of the molecule is CC1CCC(NC(=O)Cn2cccc2C(=O)O)CC1C. The minimum absolute atomic E-state index is 0.0646. The van der Waals surface area contributed by atoms with E-state index in [4.69, 9.17) is 5.11 Å². The van der Waals surface area contributed by atoms with Crippen LogP contribution in [0.3, 0.4) is 0 Å². The summed E-state index contributed by atoms with van der Waals surface area (Å²) in [7, 11) is 0. The molecule has 2 rings (SSSR count). The molecule has 2 N–H and O–H groups in total. The maximum Gasteiger partial charge on any atom is 0.352 e. The lowest BCUT2D eigenvalue weighted by atomic mass is 9.79. The molecule has 1 aromatic rings. The summed E-state index contributed by atoms with van der Waals surface area (Å²) in [5.74, 6) is 0.208. The Balaban J connectivity index is 1.89. The van der Waals surface area contributed by atoms with Gasteiger partial charge in [-0.2, -0.15) is 0 Å². The van der Waals surface area contributed by atoms with Crippen LogP contribution in [0.25, 0.3) is 0 Å². The Hall–Kier alpha value is -1.78. The van der Waals surface area contributed by atoms with Crippen molar-refractivity contribution in [3.8, 4) is 0 Å². The van der Waals surface area contributed by atoms with Gasteiger partial charge in [-0.3, -0.25) is 4.79 Å². The standard InChI is InChI=1S/C15H22N2O3/c1-10-5-6-12(8-11(10)2)16-14(18)9-17-7-3-4-13(17)15(19)20/h3-4,7,10-12H,5-6,8-9H2,1-2H3,(H,16,18)(H,19,20). The van der Waals surface area contributed by atoms with E-state index in [9.17, 15) is 9.59 Å². The van der Waals surface area contributed by atoms with Gasteiger partial charge in [-0.05, 0) is 43.2 Å². The zero-order valence-corrected chi connectivity index (χ0v) is 12.0. The first-order valence-electron chi connectivity index (χ1n) is 7.15. The highest BCUT2D eigenvalue weighted by Gasteiger charge is 2.25. The van der Waals surface area contributed by atoms with Gasteiger partial charge in [-0.1, -0.05) is 13.8 Å². The normalized spacial score (nSPS) is 26.2. The number of carbonyl (C=O) groups excluding carboxylic acids is 1. The van der Waals surface area contributed by atoms with Crippen molar-refractivity contribution in [3.63, 3.8) is 0 Å². The molecule has 5 nitrogen and oxygen atoms in total. The molecule has 1 aliphatic carbocycles. The summed E-state index contributed by atoms with van der Waals surface area (Å²) in [5.41, 5.74) is 0.144. The summed E-state index contributed by atoms with van der Waals surface area (Å²) in [6.45, 7) is 4.54. The van der Waals surface area contributed by atoms with Crippen molar-refractivity contribution in [1.29, 1.82) is 0 Å². The van der Waals surface area contributed by atoms with E-state index in [-0.39, 0.29) is 24.2 Å². The lowest BCUT2D eigenvalue weighted by Gasteiger charge is -2.32. The van der Waals surface area contributed by atoms with Gasteiger partial charge in [0, 0.05) is 12.2 Å². The molecular weight excluding hydrogens is 256 g/mol. The molecule has 0 aromatic carbocycles. The van der Waals surface area contributed by atoms with Crippen molar-refractivity contribution in [1.82, 2.24) is 9.88 Å². The van der Waals surface area contributed by atoms with Crippen LogP contribution in [0.2, 0.25) is 0 Å². The Morgan fingerprint density at radius 1 is 1.35 bits per heavy atom. The van der Waals surface area contributed by atoms with Gasteiger partial charge in [0.05, 0.1) is 0 Å². The number of amides is 1. The molecule has 0 bridgehead atoms. The van der Waals surface area contributed by atoms with Gasteiger partial charge in [0.2, 0.25) is 5.91 Å². The summed E-state index contributed by atoms with van der Waals surface area (Å²) in [5, 5.41) is 12.0. The second-order valence-corrected chi connectivity index (χ2v) is 5.86. The van der Waals surface area contributed by atoms with Crippen LogP contribution in [0.5, 0.6) is 0 Å². The number of carboxylic acid groups (broad SMARTS) is 1. The van der Waals surface area contributed by atoms with Crippen LogP contribution in [0, 0.1) is 11.8 Å². The predicted molar refractivity (Wildman–Crippen MR) is 75.5 cm³/mol. The highest BCUT2D eigenvalue weighted by molar-refractivity contribution is 5.86. The average Bonchev–Trinajstić information content (AvgIpc) is 2.82. The molecule has 0 aliphatic heterocycles. The topological polar surface area (TPSA) is 71.3 Å². The Bertz CT molecular complexity index is 495. The lowest BCUT2D eigenvalue weighted by Crippen LogP contribution is -2.41. The van der Waals surface area contributed by atoms with Crippen molar-refractivity contribution in [2.24, 2.45) is 11.8 Å². The fourth-order valence-electron chi connectivity index (χ4n) is 2.85. The number of nitrogens with one attached hydrogen (secondary N) is 1. The average molecular weight is 278 g/mol. The molecule has 3 atom stereocenters. The molecule has 20 heavy (non-hydrogen) atoms. The number of aromatic carboxylic acids is 1. The summed E-state index contributed by atoms with van der Waals surface area (Å²) in [6.07, 6.45) is 4.77. The Morgan fingerprint density at radius 2 is 2.10 bits per heavy atom. The zero-order valence-electron chi connectivity index (χ0n) is 12.0. The quantitative estimate of drug-likeness (QED) is 0.886. The van der Waals surface area contributed by atoms with E-state index < -0.39 is 5.97 Å². The lowest BCUT2D eigenvalue weighted by molar-refractivity contribution is -0.122. The number of carbonyl (C=O) groups is 2. The van der Waals surface area contributed by atoms with Gasteiger partial charge < -0.3 is 15.0 Å². The molecule has 1 fully saturated rings. The fraction of sp³-hybridized carbons (Fsp3) is 0.600. The first-order valence-corrected chi connectivity index (χ1v) is 7.15. The third-order valence-corrected chi connectivity index (χ3v) is 4.33. The van der Waals surface area contributed by atoms with E-state index in [1.807, 2.05) is 0 Å². The van der Waals surface area contributed by atoms with Crippen molar-refractivity contribution < 1.29 is 14.7 Å². The molecule has 1 saturated carbocycles. The molecule has 0 spiro atoms. The Labute approximate surface area is 119 Å². The van der Waals surface area contributed by atoms with Crippen LogP contribution in [0.4, 0.5) is 0 Å². The molecule has 0 saturated heterocycles. The number of aromatic nitrogens is 1. The van der Waals surface area contributed by atoms with Gasteiger partial charge in [0.25, 0.3) is 0 Å². The van der Waals surface area contributed by atoms with E-state index >= 15 is 0 Å². The molecule has 1 heterocycles. The van der Waals surface area contributed by atoms with Crippen molar-refractivity contribution >= 4 is 11.9 Å². The van der Waals surface area contributed by atoms with Gasteiger partial charge in [0.15, 0.2) is 0 Å². The minimum atomic E-state index is -1.01. The highest BCUT2D eigenvalue weighted by Crippen LogP contribution is 2.29. The summed E-state index contributed by atoms with van der Waals surface area (Å²) in [6, 6.07) is 3.36. The number of rotatable bonds is 4. The Kier molecular flexibility index (Phi) is 4.47. The largest absolute Gasteiger partial charge is 0.477 e. The molecule has 1 aliphatic rings. The molecule has 3 unspecified atom stereocenters. The van der Waals surface area contributed by atoms with Crippen LogP contribution < -0.4 is 5.32 Å². The first-order chi connectivity index (χ1) is 9.47. The third-order valence-electron chi connectivity index (χ3n) is 4.33. The second kappa shape index (κ2) is 6.11. The molecule has 5 heteroatoms. The zero-order chi connectivity index (χ0) is 14.7. The van der Waals surface area contributed by atoms with Crippen LogP contribution in [0.1, 0.15) is 43.6 Å². The van der Waals surface area contributed by atoms with Gasteiger partial charge in [0.1, 0.15) is 12.2 Å².